The Kier molecular flexibility index (Phi) is 5.23. The molecule has 1 aliphatic heterocycles. The molecule has 0 aliphatic carbocycles. The molecule has 0 unspecified atom stereocenters. The molecule has 0 atom stereocenters. The van der Waals surface area contributed by atoms with Crippen LogP contribution in [0.15, 0.2) is 36.5 Å². The highest BCUT2D eigenvalue weighted by Crippen LogP contribution is 2.16. The third-order valence-electron chi connectivity index (χ3n) is 4.34. The third kappa shape index (κ3) is 4.30. The van der Waals surface area contributed by atoms with E-state index in [0.717, 1.165) is 32.0 Å². The van der Waals surface area contributed by atoms with Crippen molar-refractivity contribution >= 4 is 17.7 Å². The second kappa shape index (κ2) is 7.57. The molecule has 0 bridgehead atoms. The molecule has 1 saturated heterocycles. The van der Waals surface area contributed by atoms with Crippen molar-refractivity contribution in [2.45, 2.75) is 19.9 Å². The van der Waals surface area contributed by atoms with E-state index in [1.165, 1.54) is 24.3 Å². The molecule has 2 aromatic rings. The van der Waals surface area contributed by atoms with Gasteiger partial charge in [0.05, 0.1) is 0 Å². The zero-order chi connectivity index (χ0) is 17.8. The van der Waals surface area contributed by atoms with Crippen molar-refractivity contribution in [2.75, 3.05) is 36.4 Å². The van der Waals surface area contributed by atoms with Crippen LogP contribution in [0.1, 0.15) is 24.2 Å². The first-order chi connectivity index (χ1) is 12.0. The first-order valence-electron chi connectivity index (χ1n) is 8.42. The fourth-order valence-electron chi connectivity index (χ4n) is 2.83. The highest BCUT2D eigenvalue weighted by Gasteiger charge is 2.20. The van der Waals surface area contributed by atoms with Crippen LogP contribution in [-0.2, 0) is 0 Å². The first-order valence-corrected chi connectivity index (χ1v) is 8.42. The summed E-state index contributed by atoms with van der Waals surface area (Å²) in [6, 6.07) is 7.75. The van der Waals surface area contributed by atoms with E-state index in [0.29, 0.717) is 11.6 Å². The van der Waals surface area contributed by atoms with Gasteiger partial charge < -0.3 is 4.90 Å². The molecule has 25 heavy (non-hydrogen) atoms. The van der Waals surface area contributed by atoms with Crippen LogP contribution in [0.2, 0.25) is 0 Å². The predicted octanol–water partition coefficient (Wildman–Crippen LogP) is 2.40. The van der Waals surface area contributed by atoms with Gasteiger partial charge in [-0.05, 0) is 44.2 Å². The summed E-state index contributed by atoms with van der Waals surface area (Å²) in [4.78, 5) is 25.4. The van der Waals surface area contributed by atoms with Crippen LogP contribution in [0, 0.1) is 5.82 Å². The number of hydrogen-bond acceptors (Lipinski definition) is 5. The lowest BCUT2D eigenvalue weighted by Crippen LogP contribution is -2.49. The van der Waals surface area contributed by atoms with Crippen LogP contribution in [0.5, 0.6) is 0 Å². The normalized spacial score (nSPS) is 15.4. The molecule has 2 heterocycles. The maximum Gasteiger partial charge on any atom is 0.258 e. The summed E-state index contributed by atoms with van der Waals surface area (Å²) in [6.45, 7) is 8.14. The van der Waals surface area contributed by atoms with Gasteiger partial charge in [-0.2, -0.15) is 4.98 Å². The van der Waals surface area contributed by atoms with Crippen molar-refractivity contribution in [2.24, 2.45) is 0 Å². The Morgan fingerprint density at radius 3 is 2.44 bits per heavy atom. The number of anilines is 2. The number of carbonyl (C=O) groups excluding carboxylic acids is 1. The van der Waals surface area contributed by atoms with E-state index in [1.807, 2.05) is 6.07 Å². The lowest BCUT2D eigenvalue weighted by atomic mass is 10.2. The molecule has 0 spiro atoms. The monoisotopic (exact) mass is 343 g/mol. The Hall–Kier alpha value is -2.54. The van der Waals surface area contributed by atoms with Gasteiger partial charge in [-0.15, -0.1) is 0 Å². The van der Waals surface area contributed by atoms with E-state index in [9.17, 15) is 9.18 Å². The molecule has 7 heteroatoms. The summed E-state index contributed by atoms with van der Waals surface area (Å²) in [5.41, 5.74) is 0.362. The zero-order valence-corrected chi connectivity index (χ0v) is 14.4. The lowest BCUT2D eigenvalue weighted by Gasteiger charge is -2.37. The number of hydrogen-bond donors (Lipinski definition) is 1. The minimum absolute atomic E-state index is 0.248. The number of nitrogens with zero attached hydrogens (tertiary/aromatic N) is 4. The van der Waals surface area contributed by atoms with Gasteiger partial charge in [0.2, 0.25) is 5.95 Å². The summed E-state index contributed by atoms with van der Waals surface area (Å²) in [5.74, 6) is 0.308. The van der Waals surface area contributed by atoms with Gasteiger partial charge in [-0.3, -0.25) is 15.0 Å². The molecular formula is C18H22FN5O. The Labute approximate surface area is 146 Å². The molecule has 1 aromatic heterocycles. The summed E-state index contributed by atoms with van der Waals surface area (Å²) < 4.78 is 12.9. The highest BCUT2D eigenvalue weighted by molar-refractivity contribution is 6.03. The molecule has 1 N–H and O–H groups in total. The SMILES string of the molecule is CC(C)N1CCN(c2ccnc(NC(=O)c3ccc(F)cc3)n2)CC1. The average Bonchev–Trinajstić information content (AvgIpc) is 2.62. The van der Waals surface area contributed by atoms with E-state index >= 15 is 0 Å². The van der Waals surface area contributed by atoms with E-state index in [1.54, 1.807) is 6.20 Å². The van der Waals surface area contributed by atoms with Gasteiger partial charge in [0.1, 0.15) is 11.6 Å². The highest BCUT2D eigenvalue weighted by atomic mass is 19.1. The number of amides is 1. The van der Waals surface area contributed by atoms with Crippen molar-refractivity contribution in [3.8, 4) is 0 Å². The minimum Gasteiger partial charge on any atom is -0.354 e. The Morgan fingerprint density at radius 1 is 1.12 bits per heavy atom. The Balaban J connectivity index is 1.65. The van der Waals surface area contributed by atoms with Gasteiger partial charge >= 0.3 is 0 Å². The van der Waals surface area contributed by atoms with Crippen molar-refractivity contribution in [1.82, 2.24) is 14.9 Å². The number of benzene rings is 1. The van der Waals surface area contributed by atoms with Crippen molar-refractivity contribution in [3.05, 3.63) is 47.9 Å². The van der Waals surface area contributed by atoms with Crippen LogP contribution >= 0.6 is 0 Å². The topological polar surface area (TPSA) is 61.4 Å². The van der Waals surface area contributed by atoms with E-state index in [2.05, 4.69) is 38.9 Å². The van der Waals surface area contributed by atoms with Crippen molar-refractivity contribution < 1.29 is 9.18 Å². The minimum atomic E-state index is -0.379. The van der Waals surface area contributed by atoms with E-state index < -0.39 is 0 Å². The molecule has 0 saturated carbocycles. The van der Waals surface area contributed by atoms with E-state index in [4.69, 9.17) is 0 Å². The number of rotatable bonds is 4. The fourth-order valence-corrected chi connectivity index (χ4v) is 2.83. The standard InChI is InChI=1S/C18H22FN5O/c1-13(2)23-9-11-24(12-10-23)16-7-8-20-18(21-16)22-17(25)14-3-5-15(19)6-4-14/h3-8,13H,9-12H2,1-2H3,(H,20,21,22,25). The molecular weight excluding hydrogens is 321 g/mol. The third-order valence-corrected chi connectivity index (χ3v) is 4.34. The molecule has 1 fully saturated rings. The van der Waals surface area contributed by atoms with Crippen LogP contribution in [0.3, 0.4) is 0 Å². The fraction of sp³-hybridized carbons (Fsp3) is 0.389. The van der Waals surface area contributed by atoms with Crippen LogP contribution in [0.4, 0.5) is 16.2 Å². The number of halogens is 1. The largest absolute Gasteiger partial charge is 0.354 e. The van der Waals surface area contributed by atoms with Gasteiger partial charge in [0, 0.05) is 44.0 Å². The summed E-state index contributed by atoms with van der Waals surface area (Å²) in [5, 5.41) is 2.66. The van der Waals surface area contributed by atoms with Crippen molar-refractivity contribution in [3.63, 3.8) is 0 Å². The van der Waals surface area contributed by atoms with Gasteiger partial charge in [0.25, 0.3) is 5.91 Å². The van der Waals surface area contributed by atoms with Gasteiger partial charge in [-0.1, -0.05) is 0 Å². The Morgan fingerprint density at radius 2 is 1.80 bits per heavy atom. The van der Waals surface area contributed by atoms with Crippen LogP contribution < -0.4 is 10.2 Å². The van der Waals surface area contributed by atoms with Crippen LogP contribution in [-0.4, -0.2) is 53.0 Å². The smallest absolute Gasteiger partial charge is 0.258 e. The second-order valence-corrected chi connectivity index (χ2v) is 6.32. The molecule has 0 radical (unpaired) electrons. The second-order valence-electron chi connectivity index (χ2n) is 6.32. The van der Waals surface area contributed by atoms with Crippen molar-refractivity contribution in [1.29, 1.82) is 0 Å². The molecule has 6 nitrogen and oxygen atoms in total. The molecule has 3 rings (SSSR count). The predicted molar refractivity (Wildman–Crippen MR) is 95.3 cm³/mol. The quantitative estimate of drug-likeness (QED) is 0.924. The van der Waals surface area contributed by atoms with Crippen LogP contribution in [0.25, 0.3) is 0 Å². The Bertz CT molecular complexity index is 727. The van der Waals surface area contributed by atoms with Gasteiger partial charge in [-0.25, -0.2) is 9.37 Å². The first kappa shape index (κ1) is 17.3. The number of nitrogens with one attached hydrogen (secondary N) is 1. The summed E-state index contributed by atoms with van der Waals surface area (Å²) in [6.07, 6.45) is 1.64. The lowest BCUT2D eigenvalue weighted by molar-refractivity contribution is 0.102. The zero-order valence-electron chi connectivity index (χ0n) is 14.4. The number of carbonyl (C=O) groups is 1. The molecule has 1 aromatic carbocycles. The summed E-state index contributed by atoms with van der Waals surface area (Å²) in [7, 11) is 0. The van der Waals surface area contributed by atoms with E-state index in [-0.39, 0.29) is 17.7 Å². The summed E-state index contributed by atoms with van der Waals surface area (Å²) >= 11 is 0. The molecule has 132 valence electrons. The van der Waals surface area contributed by atoms with Gasteiger partial charge in [0.15, 0.2) is 0 Å². The molecule has 1 aliphatic rings. The number of piperazine rings is 1. The average molecular weight is 343 g/mol. The maximum atomic E-state index is 12.9. The molecule has 1 amide bonds. The number of aromatic nitrogens is 2. The maximum absolute atomic E-state index is 12.9.